The normalized spacial score (nSPS) is 19.9. The molecule has 12 atom stereocenters. The number of carboxylic acid groups (broad SMARTS) is 3. The number of aliphatic hydroxyl groups is 15. The number of aliphatic hydroxyl groups excluding tert-OH is 15. The van der Waals surface area contributed by atoms with Gasteiger partial charge in [0.05, 0.1) is 19.8 Å². The van der Waals surface area contributed by atoms with Crippen molar-refractivity contribution in [1.29, 1.82) is 0 Å². The van der Waals surface area contributed by atoms with Gasteiger partial charge in [0.25, 0.3) is 0 Å². The van der Waals surface area contributed by atoms with Gasteiger partial charge in [-0.25, -0.2) is 14.4 Å². The van der Waals surface area contributed by atoms with Crippen molar-refractivity contribution in [3.63, 3.8) is 0 Å². The van der Waals surface area contributed by atoms with E-state index in [4.69, 9.17) is 91.9 Å². The zero-order chi connectivity index (χ0) is 31.8. The van der Waals surface area contributed by atoms with Crippen molar-refractivity contribution >= 4 is 17.9 Å². The van der Waals surface area contributed by atoms with Gasteiger partial charge in [0, 0.05) is 17.1 Å². The van der Waals surface area contributed by atoms with Crippen LogP contribution in [-0.4, -0.2) is 203 Å². The molecule has 22 heteroatoms. The second kappa shape index (κ2) is 23.0. The smallest absolute Gasteiger partial charge is 0.335 e. The van der Waals surface area contributed by atoms with Gasteiger partial charge in [-0.05, 0) is 0 Å². The van der Waals surface area contributed by atoms with Crippen molar-refractivity contribution in [1.82, 2.24) is 0 Å². The van der Waals surface area contributed by atoms with Gasteiger partial charge in [0.1, 0.15) is 54.9 Å². The Morgan fingerprint density at radius 2 is 0.525 bits per heavy atom. The van der Waals surface area contributed by atoms with E-state index in [2.05, 4.69) is 0 Å². The van der Waals surface area contributed by atoms with Crippen LogP contribution in [0.1, 0.15) is 0 Å². The first-order chi connectivity index (χ1) is 17.7. The molecule has 21 nitrogen and oxygen atoms in total. The quantitative estimate of drug-likeness (QED) is 0.0735. The summed E-state index contributed by atoms with van der Waals surface area (Å²) in [7, 11) is 0. The summed E-state index contributed by atoms with van der Waals surface area (Å²) in [4.78, 5) is 30.3. The van der Waals surface area contributed by atoms with Gasteiger partial charge < -0.3 is 91.9 Å². The fourth-order valence-corrected chi connectivity index (χ4v) is 2.01. The summed E-state index contributed by atoms with van der Waals surface area (Å²) in [6, 6.07) is 0. The van der Waals surface area contributed by atoms with Gasteiger partial charge >= 0.3 is 17.9 Å². The Bertz CT molecular complexity index is 608. The van der Waals surface area contributed by atoms with Crippen molar-refractivity contribution in [2.45, 2.75) is 73.2 Å². The van der Waals surface area contributed by atoms with Crippen molar-refractivity contribution in [3.8, 4) is 0 Å². The van der Waals surface area contributed by atoms with Crippen LogP contribution in [0.5, 0.6) is 0 Å². The predicted octanol–water partition coefficient (Wildman–Crippen LogP) is -10.5. The molecule has 0 rings (SSSR count). The van der Waals surface area contributed by atoms with E-state index in [0.29, 0.717) is 0 Å². The van der Waals surface area contributed by atoms with Crippen LogP contribution < -0.4 is 0 Å². The van der Waals surface area contributed by atoms with E-state index in [1.165, 1.54) is 0 Å². The molecule has 0 radical (unpaired) electrons. The number of hydrogen-bond acceptors (Lipinski definition) is 18. The minimum absolute atomic E-state index is 0. The molecule has 0 aliphatic heterocycles. The molecule has 0 aliphatic rings. The fourth-order valence-electron chi connectivity index (χ4n) is 2.01. The van der Waals surface area contributed by atoms with Crippen LogP contribution in [0.25, 0.3) is 0 Å². The molecule has 0 saturated heterocycles. The molecular formula is C18H36FeO21. The van der Waals surface area contributed by atoms with Crippen LogP contribution in [-0.2, 0) is 31.5 Å². The summed E-state index contributed by atoms with van der Waals surface area (Å²) in [5.74, 6) is -5.18. The number of carboxylic acids is 3. The van der Waals surface area contributed by atoms with E-state index in [0.717, 1.165) is 0 Å². The summed E-state index contributed by atoms with van der Waals surface area (Å²) < 4.78 is 0. The van der Waals surface area contributed by atoms with Gasteiger partial charge in [-0.2, -0.15) is 0 Å². The van der Waals surface area contributed by atoms with Gasteiger partial charge in [-0.3, -0.25) is 0 Å². The Morgan fingerprint density at radius 1 is 0.375 bits per heavy atom. The first-order valence-corrected chi connectivity index (χ1v) is 10.4. The molecule has 242 valence electrons. The fraction of sp³-hybridized carbons (Fsp3) is 0.833. The Hall–Kier alpha value is -1.67. The van der Waals surface area contributed by atoms with E-state index in [1.54, 1.807) is 0 Å². The first-order valence-electron chi connectivity index (χ1n) is 10.4. The molecule has 0 amide bonds. The summed E-state index contributed by atoms with van der Waals surface area (Å²) in [6.45, 7) is -2.53. The largest absolute Gasteiger partial charge is 0.479 e. The van der Waals surface area contributed by atoms with Crippen LogP contribution in [0, 0.1) is 0 Å². The molecule has 40 heavy (non-hydrogen) atoms. The average Bonchev–Trinajstić information content (AvgIpc) is 2.92. The van der Waals surface area contributed by atoms with E-state index < -0.39 is 111 Å². The van der Waals surface area contributed by atoms with E-state index in [9.17, 15) is 14.4 Å². The number of rotatable bonds is 15. The molecular weight excluding hydrogens is 608 g/mol. The zero-order valence-electron chi connectivity index (χ0n) is 20.2. The topological polar surface area (TPSA) is 415 Å². The third-order valence-electron chi connectivity index (χ3n) is 4.52. The Kier molecular flexibility index (Phi) is 26.0. The molecule has 18 N–H and O–H groups in total. The second-order valence-corrected chi connectivity index (χ2v) is 7.54. The molecule has 0 unspecified atom stereocenters. The predicted molar refractivity (Wildman–Crippen MR) is 116 cm³/mol. The van der Waals surface area contributed by atoms with Crippen LogP contribution in [0.4, 0.5) is 0 Å². The maximum absolute atomic E-state index is 10.1. The van der Waals surface area contributed by atoms with Crippen LogP contribution in [0.3, 0.4) is 0 Å². The van der Waals surface area contributed by atoms with Crippen molar-refractivity contribution < 1.29 is 123 Å². The van der Waals surface area contributed by atoms with Gasteiger partial charge in [-0.15, -0.1) is 0 Å². The molecule has 0 bridgehead atoms. The number of hydrogen-bond donors (Lipinski definition) is 18. The maximum atomic E-state index is 10.1. The monoisotopic (exact) mass is 644 g/mol. The average molecular weight is 644 g/mol. The maximum Gasteiger partial charge on any atom is 0.335 e. The summed E-state index contributed by atoms with van der Waals surface area (Å²) in [5, 5.41) is 155. The Balaban J connectivity index is -0.000000240. The molecule has 0 aromatic heterocycles. The Labute approximate surface area is 234 Å². The van der Waals surface area contributed by atoms with Gasteiger partial charge in [-0.1, -0.05) is 0 Å². The van der Waals surface area contributed by atoms with Crippen molar-refractivity contribution in [2.24, 2.45) is 0 Å². The first kappa shape index (κ1) is 45.3. The van der Waals surface area contributed by atoms with Crippen molar-refractivity contribution in [2.75, 3.05) is 19.8 Å². The van der Waals surface area contributed by atoms with Crippen molar-refractivity contribution in [3.05, 3.63) is 0 Å². The molecule has 0 fully saturated rings. The van der Waals surface area contributed by atoms with Gasteiger partial charge in [0.2, 0.25) is 0 Å². The third kappa shape index (κ3) is 16.6. The van der Waals surface area contributed by atoms with E-state index in [-0.39, 0.29) is 17.1 Å². The zero-order valence-corrected chi connectivity index (χ0v) is 21.3. The summed E-state index contributed by atoms with van der Waals surface area (Å²) >= 11 is 0. The Morgan fingerprint density at radius 3 is 0.625 bits per heavy atom. The van der Waals surface area contributed by atoms with E-state index >= 15 is 0 Å². The number of carbonyl (C=O) groups is 3. The molecule has 0 aromatic carbocycles. The summed E-state index contributed by atoms with van der Waals surface area (Å²) in [5.41, 5.74) is 0. The van der Waals surface area contributed by atoms with Crippen LogP contribution in [0.2, 0.25) is 0 Å². The standard InChI is InChI=1S/3C6H12O7.Fe/c3*7-1-2(8)3(9)4(10)5(11)6(12)13;/h3*2-5,7-11H,1H2,(H,12,13);/t3*2-,3-,4+,5-;/m111./s1. The molecule has 0 aliphatic carbocycles. The van der Waals surface area contributed by atoms with Crippen LogP contribution in [0.15, 0.2) is 0 Å². The van der Waals surface area contributed by atoms with E-state index in [1.807, 2.05) is 0 Å². The summed E-state index contributed by atoms with van der Waals surface area (Å²) in [6.07, 6.45) is -23.5. The van der Waals surface area contributed by atoms with Gasteiger partial charge in [0.15, 0.2) is 18.3 Å². The SMILES string of the molecule is O=C(O)[C@H](O)[C@@H](O)[C@H](O)[C@H](O)CO.O=C(O)[C@H](O)[C@@H](O)[C@H](O)[C@H](O)CO.O=C(O)[C@H](O)[C@@H](O)[C@H](O)[C@H](O)CO.[Fe]. The molecule has 0 spiro atoms. The molecule has 0 saturated carbocycles. The van der Waals surface area contributed by atoms with Crippen LogP contribution >= 0.6 is 0 Å². The second-order valence-electron chi connectivity index (χ2n) is 7.54. The minimum Gasteiger partial charge on any atom is -0.479 e. The third-order valence-corrected chi connectivity index (χ3v) is 4.52. The molecule has 0 aromatic rings. The molecule has 0 heterocycles. The minimum atomic E-state index is -2.20. The number of aliphatic carboxylic acids is 3.